The van der Waals surface area contributed by atoms with Crippen molar-refractivity contribution >= 4 is 32.0 Å². The molecule has 0 aliphatic carbocycles. The van der Waals surface area contributed by atoms with Crippen molar-refractivity contribution in [3.05, 3.63) is 53.0 Å². The molecule has 0 amide bonds. The Labute approximate surface area is 202 Å². The Hall–Kier alpha value is -2.83. The van der Waals surface area contributed by atoms with Crippen LogP contribution in [-0.2, 0) is 10.2 Å². The van der Waals surface area contributed by atoms with Crippen LogP contribution in [0.1, 0.15) is 25.7 Å². The minimum absolute atomic E-state index is 0.00851. The average molecular weight is 528 g/mol. The first kappa shape index (κ1) is 17.7. The lowest BCUT2D eigenvalue weighted by Crippen LogP contribution is -2.31. The Balaban J connectivity index is 1.91. The third kappa shape index (κ3) is 6.84. The lowest BCUT2D eigenvalue weighted by Gasteiger charge is -2.15. The van der Waals surface area contributed by atoms with Crippen molar-refractivity contribution in [2.45, 2.75) is 20.2 Å². The molecule has 0 spiro atoms. The van der Waals surface area contributed by atoms with Gasteiger partial charge in [-0.15, -0.1) is 0 Å². The molecule has 32 heavy (non-hydrogen) atoms. The van der Waals surface area contributed by atoms with Crippen LogP contribution in [0.2, 0.25) is 0 Å². The molecule has 1 aromatic carbocycles. The number of benzene rings is 1. The van der Waals surface area contributed by atoms with E-state index in [9.17, 15) is 8.42 Å². The summed E-state index contributed by atoms with van der Waals surface area (Å²) in [5, 5.41) is 0. The largest absolute Gasteiger partial charge is 0.473 e. The predicted molar refractivity (Wildman–Crippen MR) is 124 cm³/mol. The molecule has 2 heterocycles. The number of nitrogens with one attached hydrogen (secondary N) is 2. The van der Waals surface area contributed by atoms with E-state index in [2.05, 4.69) is 40.6 Å². The number of anilines is 1. The molecule has 0 radical (unpaired) electrons. The zero-order valence-corrected chi connectivity index (χ0v) is 19.5. The minimum Gasteiger partial charge on any atom is -0.473 e. The van der Waals surface area contributed by atoms with Crippen LogP contribution in [0.4, 0.5) is 5.82 Å². The lowest BCUT2D eigenvalue weighted by atomic mass is 10.1. The zero-order chi connectivity index (χ0) is 27.4. The molecule has 12 heteroatoms. The second kappa shape index (κ2) is 11.2. The van der Waals surface area contributed by atoms with Gasteiger partial charge in [-0.1, -0.05) is 35.0 Å². The molecule has 0 aliphatic heterocycles. The molecule has 0 fully saturated rings. The van der Waals surface area contributed by atoms with E-state index in [0.29, 0.717) is 5.56 Å². The molecule has 0 bridgehead atoms. The third-order valence-corrected chi connectivity index (χ3v) is 5.11. The number of ether oxygens (including phenoxy) is 2. The van der Waals surface area contributed by atoms with Crippen LogP contribution in [0, 0.1) is 6.92 Å². The van der Waals surface area contributed by atoms with Crippen molar-refractivity contribution in [3.63, 3.8) is 0 Å². The van der Waals surface area contributed by atoms with Gasteiger partial charge in [0.25, 0.3) is 10.2 Å². The van der Waals surface area contributed by atoms with Gasteiger partial charge >= 0.3 is 6.01 Å². The summed E-state index contributed by atoms with van der Waals surface area (Å²) in [5.41, 5.74) is 1.35. The lowest BCUT2D eigenvalue weighted by molar-refractivity contribution is 0.202. The number of hydrogen-bond donors (Lipinski definition) is 2. The Morgan fingerprint density at radius 1 is 1.09 bits per heavy atom. The molecule has 3 rings (SSSR count). The van der Waals surface area contributed by atoms with Crippen molar-refractivity contribution in [1.29, 1.82) is 0 Å². The van der Waals surface area contributed by atoms with Gasteiger partial charge in [0.15, 0.2) is 5.82 Å². The van der Waals surface area contributed by atoms with Crippen LogP contribution >= 0.6 is 15.9 Å². The highest BCUT2D eigenvalue weighted by Gasteiger charge is 2.19. The fourth-order valence-electron chi connectivity index (χ4n) is 2.39. The van der Waals surface area contributed by atoms with E-state index in [1.807, 2.05) is 6.92 Å². The summed E-state index contributed by atoms with van der Waals surface area (Å²) in [4.78, 5) is 15.9. The molecular weight excluding hydrogens is 500 g/mol. The first-order valence-corrected chi connectivity index (χ1v) is 11.4. The van der Waals surface area contributed by atoms with Crippen molar-refractivity contribution in [1.82, 2.24) is 24.7 Å². The maximum Gasteiger partial charge on any atom is 0.316 e. The first-order valence-electron chi connectivity index (χ1n) is 11.7. The molecule has 0 aliphatic rings. The number of rotatable bonds is 11. The molecule has 170 valence electrons. The van der Waals surface area contributed by atoms with E-state index < -0.39 is 29.4 Å². The highest BCUT2D eigenvalue weighted by Crippen LogP contribution is 2.34. The van der Waals surface area contributed by atoms with E-state index in [1.165, 1.54) is 0 Å². The summed E-state index contributed by atoms with van der Waals surface area (Å²) in [7, 11) is -4.71. The number of aromatic nitrogens is 4. The predicted octanol–water partition coefficient (Wildman–Crippen LogP) is 3.12. The average Bonchev–Trinajstić information content (AvgIpc) is 2.77. The molecule has 0 atom stereocenters. The van der Waals surface area contributed by atoms with Gasteiger partial charge in [-0.3, -0.25) is 4.72 Å². The van der Waals surface area contributed by atoms with Gasteiger partial charge in [-0.2, -0.15) is 13.1 Å². The molecule has 0 saturated heterocycles. The standard InChI is InChI=1S/C20H23BrN6O4S/c1-3-8-26-32(28,29)27-18-17(15-4-6-16(21)7-5-15)19(25-13-24-18)30-9-10-31-20-22-11-14(2)12-23-20/h4-7,11-13,26H,3,8-10H2,1-2H3,(H,24,25,27)/i3D2,8D2,13D. The van der Waals surface area contributed by atoms with E-state index >= 15 is 0 Å². The third-order valence-electron chi connectivity index (χ3n) is 3.75. The summed E-state index contributed by atoms with van der Waals surface area (Å²) >= 11 is 3.33. The summed E-state index contributed by atoms with van der Waals surface area (Å²) in [6.07, 6.45) is 0.0533. The van der Waals surface area contributed by atoms with Crippen LogP contribution in [0.25, 0.3) is 11.1 Å². The maximum atomic E-state index is 12.7. The van der Waals surface area contributed by atoms with Gasteiger partial charge < -0.3 is 9.47 Å². The monoisotopic (exact) mass is 527 g/mol. The van der Waals surface area contributed by atoms with Gasteiger partial charge in [-0.05, 0) is 36.6 Å². The van der Waals surface area contributed by atoms with Crippen LogP contribution < -0.4 is 18.9 Å². The second-order valence-corrected chi connectivity index (χ2v) is 8.51. The first-order chi connectivity index (χ1) is 17.2. The Kier molecular flexibility index (Phi) is 6.17. The highest BCUT2D eigenvalue weighted by molar-refractivity contribution is 9.10. The Bertz CT molecular complexity index is 1340. The van der Waals surface area contributed by atoms with Gasteiger partial charge in [0.05, 0.1) is 5.56 Å². The van der Waals surface area contributed by atoms with Crippen molar-refractivity contribution in [2.24, 2.45) is 0 Å². The van der Waals surface area contributed by atoms with Crippen LogP contribution in [0.3, 0.4) is 0 Å². The summed E-state index contributed by atoms with van der Waals surface area (Å²) in [6, 6.07) is 6.77. The summed E-state index contributed by atoms with van der Waals surface area (Å²) in [6.45, 7) is -0.292. The maximum absolute atomic E-state index is 12.7. The fraction of sp³-hybridized carbons (Fsp3) is 0.300. The molecular formula is C20H23BrN6O4S. The van der Waals surface area contributed by atoms with Crippen LogP contribution in [0.5, 0.6) is 11.9 Å². The molecule has 10 nitrogen and oxygen atoms in total. The van der Waals surface area contributed by atoms with E-state index in [4.69, 9.17) is 16.3 Å². The van der Waals surface area contributed by atoms with E-state index in [0.717, 1.165) is 17.0 Å². The molecule has 2 N–H and O–H groups in total. The topological polar surface area (TPSA) is 128 Å². The number of nitrogens with zero attached hydrogens (tertiary/aromatic N) is 4. The smallest absolute Gasteiger partial charge is 0.316 e. The highest BCUT2D eigenvalue weighted by atomic mass is 79.9. The molecule has 0 unspecified atom stereocenters. The summed E-state index contributed by atoms with van der Waals surface area (Å²) < 4.78 is 79.6. The van der Waals surface area contributed by atoms with Gasteiger partial charge in [-0.25, -0.2) is 19.9 Å². The minimum atomic E-state index is -4.71. The second-order valence-electron chi connectivity index (χ2n) is 6.18. The normalized spacial score (nSPS) is 14.4. The Morgan fingerprint density at radius 2 is 1.78 bits per heavy atom. The van der Waals surface area contributed by atoms with Crippen molar-refractivity contribution in [2.75, 3.05) is 24.4 Å². The quantitative estimate of drug-likeness (QED) is 0.364. The number of halogens is 1. The van der Waals surface area contributed by atoms with E-state index in [-0.39, 0.29) is 36.5 Å². The van der Waals surface area contributed by atoms with Gasteiger partial charge in [0.1, 0.15) is 20.9 Å². The van der Waals surface area contributed by atoms with Crippen LogP contribution in [-0.4, -0.2) is 48.1 Å². The van der Waals surface area contributed by atoms with E-state index in [1.54, 1.807) is 41.4 Å². The molecule has 0 saturated carbocycles. The Morgan fingerprint density at radius 3 is 2.47 bits per heavy atom. The van der Waals surface area contributed by atoms with Crippen LogP contribution in [0.15, 0.2) is 47.4 Å². The molecule has 2 aromatic heterocycles. The van der Waals surface area contributed by atoms with Crippen molar-refractivity contribution in [3.8, 4) is 23.0 Å². The van der Waals surface area contributed by atoms with Crippen molar-refractivity contribution < 1.29 is 24.7 Å². The zero-order valence-electron chi connectivity index (χ0n) is 22.1. The van der Waals surface area contributed by atoms with Gasteiger partial charge in [0.2, 0.25) is 5.88 Å². The number of hydrogen-bond acceptors (Lipinski definition) is 8. The van der Waals surface area contributed by atoms with Gasteiger partial charge in [0, 0.05) is 28.8 Å². The fourth-order valence-corrected chi connectivity index (χ4v) is 3.34. The number of aryl methyl sites for hydroxylation is 1. The SMILES string of the molecule is [2H]c1nc(NS(=O)(=O)NC([2H])([2H])C([2H])([2H])C)c(-c2ccc(Br)cc2)c(OCCOc2ncc(C)cn2)n1. The molecule has 3 aromatic rings. The summed E-state index contributed by atoms with van der Waals surface area (Å²) in [5.74, 6) is -0.512.